The van der Waals surface area contributed by atoms with Crippen LogP contribution in [-0.2, 0) is 11.3 Å². The summed E-state index contributed by atoms with van der Waals surface area (Å²) in [4.78, 5) is 12.6. The Morgan fingerprint density at radius 1 is 1.26 bits per heavy atom. The fraction of sp³-hybridized carbons (Fsp3) is 0.462. The highest BCUT2D eigenvalue weighted by Crippen LogP contribution is 2.32. The van der Waals surface area contributed by atoms with Crippen LogP contribution in [0.2, 0.25) is 0 Å². The zero-order chi connectivity index (χ0) is 14.0. The molecule has 2 nitrogen and oxygen atoms in total. The number of amides is 1. The van der Waals surface area contributed by atoms with Crippen LogP contribution in [0.5, 0.6) is 0 Å². The fourth-order valence-corrected chi connectivity index (χ4v) is 1.84. The molecule has 0 N–H and O–H groups in total. The average Bonchev–Trinajstić information content (AvgIpc) is 3.18. The van der Waals surface area contributed by atoms with Gasteiger partial charge in [-0.2, -0.15) is 13.2 Å². The number of carbonyl (C=O) groups excluding carboxylic acids is 1. The van der Waals surface area contributed by atoms with E-state index in [1.54, 1.807) is 30.3 Å². The van der Waals surface area contributed by atoms with Gasteiger partial charge in [0.25, 0.3) is 12.1 Å². The van der Waals surface area contributed by atoms with E-state index in [-0.39, 0.29) is 12.6 Å². The van der Waals surface area contributed by atoms with Crippen molar-refractivity contribution < 1.29 is 22.4 Å². The van der Waals surface area contributed by atoms with Crippen LogP contribution in [0.25, 0.3) is 0 Å². The topological polar surface area (TPSA) is 20.3 Å². The predicted molar refractivity (Wildman–Crippen MR) is 61.0 cm³/mol. The molecule has 1 atom stereocenters. The van der Waals surface area contributed by atoms with E-state index in [0.717, 1.165) is 4.90 Å². The molecule has 19 heavy (non-hydrogen) atoms. The number of carbonyl (C=O) groups is 1. The Morgan fingerprint density at radius 2 is 1.84 bits per heavy atom. The first-order valence-corrected chi connectivity index (χ1v) is 5.95. The molecule has 2 rings (SSSR count). The van der Waals surface area contributed by atoms with Gasteiger partial charge in [0, 0.05) is 12.6 Å². The zero-order valence-corrected chi connectivity index (χ0v) is 10.0. The van der Waals surface area contributed by atoms with E-state index in [4.69, 9.17) is 0 Å². The van der Waals surface area contributed by atoms with Crippen LogP contribution in [0.4, 0.5) is 17.6 Å². The van der Waals surface area contributed by atoms with Crippen LogP contribution in [0.15, 0.2) is 30.3 Å². The van der Waals surface area contributed by atoms with Crippen molar-refractivity contribution in [3.63, 3.8) is 0 Å². The summed E-state index contributed by atoms with van der Waals surface area (Å²) in [7, 11) is 0. The molecule has 0 saturated heterocycles. The lowest BCUT2D eigenvalue weighted by atomic mass is 10.2. The molecule has 0 bridgehead atoms. The molecule has 6 heteroatoms. The lowest BCUT2D eigenvalue weighted by Gasteiger charge is -2.25. The van der Waals surface area contributed by atoms with Crippen LogP contribution in [-0.4, -0.2) is 29.2 Å². The van der Waals surface area contributed by atoms with Gasteiger partial charge in [-0.15, -0.1) is 0 Å². The summed E-state index contributed by atoms with van der Waals surface area (Å²) in [6.07, 6.45) is -7.32. The van der Waals surface area contributed by atoms with Crippen molar-refractivity contribution in [3.05, 3.63) is 35.9 Å². The van der Waals surface area contributed by atoms with E-state index in [1.165, 1.54) is 0 Å². The molecule has 104 valence electrons. The minimum Gasteiger partial charge on any atom is -0.333 e. The monoisotopic (exact) mass is 275 g/mol. The van der Waals surface area contributed by atoms with Gasteiger partial charge in [0.2, 0.25) is 0 Å². The minimum atomic E-state index is -5.14. The molecule has 1 saturated carbocycles. The van der Waals surface area contributed by atoms with Crippen LogP contribution in [0, 0.1) is 0 Å². The van der Waals surface area contributed by atoms with Crippen LogP contribution >= 0.6 is 0 Å². The zero-order valence-electron chi connectivity index (χ0n) is 10.0. The lowest BCUT2D eigenvalue weighted by Crippen LogP contribution is -2.44. The van der Waals surface area contributed by atoms with E-state index >= 15 is 0 Å². The first kappa shape index (κ1) is 13.8. The van der Waals surface area contributed by atoms with Gasteiger partial charge in [-0.3, -0.25) is 4.79 Å². The summed E-state index contributed by atoms with van der Waals surface area (Å²) in [5, 5.41) is 0. The molecule has 1 aromatic rings. The highest BCUT2D eigenvalue weighted by atomic mass is 19.4. The normalized spacial score (nSPS) is 17.1. The van der Waals surface area contributed by atoms with Gasteiger partial charge in [-0.1, -0.05) is 30.3 Å². The summed E-state index contributed by atoms with van der Waals surface area (Å²) in [6, 6.07) is 8.34. The largest absolute Gasteiger partial charge is 0.428 e. The number of benzene rings is 1. The number of halogens is 4. The summed E-state index contributed by atoms with van der Waals surface area (Å²) >= 11 is 0. The van der Waals surface area contributed by atoms with Crippen molar-refractivity contribution in [3.8, 4) is 0 Å². The van der Waals surface area contributed by atoms with Crippen molar-refractivity contribution in [1.82, 2.24) is 4.90 Å². The molecule has 0 aliphatic heterocycles. The Balaban J connectivity index is 2.10. The van der Waals surface area contributed by atoms with Gasteiger partial charge in [-0.25, -0.2) is 4.39 Å². The van der Waals surface area contributed by atoms with Crippen LogP contribution in [0.3, 0.4) is 0 Å². The summed E-state index contributed by atoms with van der Waals surface area (Å²) in [6.45, 7) is 0.0147. The van der Waals surface area contributed by atoms with E-state index in [2.05, 4.69) is 0 Å². The number of hydrogen-bond acceptors (Lipinski definition) is 1. The van der Waals surface area contributed by atoms with Crippen molar-refractivity contribution in [1.29, 1.82) is 0 Å². The maximum atomic E-state index is 13.1. The van der Waals surface area contributed by atoms with Gasteiger partial charge >= 0.3 is 6.18 Å². The average molecular weight is 275 g/mol. The third kappa shape index (κ3) is 3.45. The molecule has 0 spiro atoms. The predicted octanol–water partition coefficient (Wildman–Crippen LogP) is 3.08. The smallest absolute Gasteiger partial charge is 0.333 e. The second-order valence-electron chi connectivity index (χ2n) is 4.59. The number of alkyl halides is 4. The maximum absolute atomic E-state index is 13.1. The minimum absolute atomic E-state index is 0.0147. The SMILES string of the molecule is O=C([C@@H](F)C(F)(F)F)N(Cc1ccccc1)C1CC1. The summed E-state index contributed by atoms with van der Waals surface area (Å²) in [5.74, 6) is -1.49. The highest BCUT2D eigenvalue weighted by Gasteiger charge is 2.49. The molecule has 1 aliphatic carbocycles. The Hall–Kier alpha value is -1.59. The first-order chi connectivity index (χ1) is 8.89. The molecule has 1 fully saturated rings. The summed E-state index contributed by atoms with van der Waals surface area (Å²) in [5.41, 5.74) is 0.692. The van der Waals surface area contributed by atoms with Crippen molar-refractivity contribution in [2.75, 3.05) is 0 Å². The summed E-state index contributed by atoms with van der Waals surface area (Å²) < 4.78 is 49.9. The van der Waals surface area contributed by atoms with Crippen LogP contribution < -0.4 is 0 Å². The molecular formula is C13H13F4NO. The highest BCUT2D eigenvalue weighted by molar-refractivity contribution is 5.82. The number of hydrogen-bond donors (Lipinski definition) is 0. The third-order valence-corrected chi connectivity index (χ3v) is 2.97. The quantitative estimate of drug-likeness (QED) is 0.773. The molecular weight excluding hydrogens is 262 g/mol. The standard InChI is InChI=1S/C13H13F4NO/c14-11(13(15,16)17)12(19)18(10-6-7-10)8-9-4-2-1-3-5-9/h1-5,10-11H,6-8H2/t11-/m1/s1. The third-order valence-electron chi connectivity index (χ3n) is 2.97. The molecule has 0 heterocycles. The van der Waals surface area contributed by atoms with Crippen molar-refractivity contribution >= 4 is 5.91 Å². The Morgan fingerprint density at radius 3 is 2.32 bits per heavy atom. The molecule has 1 aliphatic rings. The van der Waals surface area contributed by atoms with Crippen molar-refractivity contribution in [2.24, 2.45) is 0 Å². The Labute approximate surface area is 108 Å². The molecule has 1 aromatic carbocycles. The van der Waals surface area contributed by atoms with E-state index in [9.17, 15) is 22.4 Å². The second kappa shape index (κ2) is 5.19. The number of nitrogens with zero attached hydrogens (tertiary/aromatic N) is 1. The van der Waals surface area contributed by atoms with E-state index in [1.807, 2.05) is 0 Å². The number of rotatable bonds is 4. The Bertz CT molecular complexity index is 442. The molecule has 1 amide bonds. The maximum Gasteiger partial charge on any atom is 0.428 e. The van der Waals surface area contributed by atoms with E-state index < -0.39 is 18.3 Å². The van der Waals surface area contributed by atoms with Gasteiger partial charge in [0.1, 0.15) is 0 Å². The molecule has 0 radical (unpaired) electrons. The lowest BCUT2D eigenvalue weighted by molar-refractivity contribution is -0.193. The van der Waals surface area contributed by atoms with Gasteiger partial charge < -0.3 is 4.90 Å². The molecule has 0 aromatic heterocycles. The van der Waals surface area contributed by atoms with Crippen LogP contribution in [0.1, 0.15) is 18.4 Å². The first-order valence-electron chi connectivity index (χ1n) is 5.95. The van der Waals surface area contributed by atoms with Gasteiger partial charge in [0.05, 0.1) is 0 Å². The molecule has 0 unspecified atom stereocenters. The van der Waals surface area contributed by atoms with Gasteiger partial charge in [-0.05, 0) is 18.4 Å². The van der Waals surface area contributed by atoms with Crippen molar-refractivity contribution in [2.45, 2.75) is 37.8 Å². The van der Waals surface area contributed by atoms with Gasteiger partial charge in [0.15, 0.2) is 0 Å². The van der Waals surface area contributed by atoms with E-state index in [0.29, 0.717) is 18.4 Å². The second-order valence-corrected chi connectivity index (χ2v) is 4.59. The fourth-order valence-electron chi connectivity index (χ4n) is 1.84. The Kier molecular flexibility index (Phi) is 3.78.